The van der Waals surface area contributed by atoms with Crippen LogP contribution in [-0.4, -0.2) is 0 Å². The second-order valence-electron chi connectivity index (χ2n) is 4.07. The van der Waals surface area contributed by atoms with E-state index in [4.69, 9.17) is 11.6 Å². The number of hydrogen-bond acceptors (Lipinski definition) is 0. The zero-order valence-corrected chi connectivity index (χ0v) is 10.7. The molecule has 1 atom stereocenters. The van der Waals surface area contributed by atoms with Crippen LogP contribution in [0.5, 0.6) is 0 Å². The summed E-state index contributed by atoms with van der Waals surface area (Å²) in [5.41, 5.74) is 2.65. The maximum Gasteiger partial charge on any atom is 0.0613 e. The largest absolute Gasteiger partial charge is 0.118 e. The van der Waals surface area contributed by atoms with E-state index in [1.165, 1.54) is 11.1 Å². The van der Waals surface area contributed by atoms with Gasteiger partial charge in [-0.05, 0) is 23.5 Å². The van der Waals surface area contributed by atoms with Gasteiger partial charge in [0.15, 0.2) is 0 Å². The second kappa shape index (κ2) is 6.17. The van der Waals surface area contributed by atoms with E-state index in [0.717, 1.165) is 19.3 Å². The third-order valence-electron chi connectivity index (χ3n) is 3.17. The lowest BCUT2D eigenvalue weighted by Crippen LogP contribution is -2.05. The van der Waals surface area contributed by atoms with Crippen LogP contribution in [0.2, 0.25) is 0 Å². The molecule has 0 radical (unpaired) electrons. The zero-order valence-electron chi connectivity index (χ0n) is 9.96. The lowest BCUT2D eigenvalue weighted by molar-refractivity contribution is 0.476. The van der Waals surface area contributed by atoms with Crippen LogP contribution in [0.3, 0.4) is 0 Å². The molecule has 0 aliphatic rings. The molecular weight excluding hydrogens is 204 g/mol. The molecule has 0 saturated carbocycles. The first-order chi connectivity index (χ1) is 7.22. The quantitative estimate of drug-likeness (QED) is 0.620. The van der Waals surface area contributed by atoms with E-state index >= 15 is 0 Å². The molecule has 1 heteroatoms. The number of benzene rings is 1. The molecule has 0 fully saturated rings. The Balaban J connectivity index is 2.76. The fraction of sp³-hybridized carbons (Fsp3) is 0.571. The van der Waals surface area contributed by atoms with Gasteiger partial charge in [-0.2, -0.15) is 0 Å². The van der Waals surface area contributed by atoms with Gasteiger partial charge in [-0.15, -0.1) is 11.6 Å². The third kappa shape index (κ3) is 3.24. The van der Waals surface area contributed by atoms with Crippen molar-refractivity contribution in [2.45, 2.75) is 45.4 Å². The van der Waals surface area contributed by atoms with Gasteiger partial charge >= 0.3 is 0 Å². The van der Waals surface area contributed by atoms with Crippen LogP contribution in [0, 0.1) is 5.92 Å². The van der Waals surface area contributed by atoms with Crippen molar-refractivity contribution in [2.75, 3.05) is 0 Å². The molecule has 15 heavy (non-hydrogen) atoms. The van der Waals surface area contributed by atoms with Crippen LogP contribution in [0.1, 0.15) is 50.1 Å². The third-order valence-corrected chi connectivity index (χ3v) is 3.78. The van der Waals surface area contributed by atoms with Gasteiger partial charge in [0.25, 0.3) is 0 Å². The van der Waals surface area contributed by atoms with Crippen molar-refractivity contribution < 1.29 is 0 Å². The molecule has 1 aromatic carbocycles. The molecule has 0 spiro atoms. The number of hydrogen-bond donors (Lipinski definition) is 0. The summed E-state index contributed by atoms with van der Waals surface area (Å²) in [6.45, 7) is 6.60. The number of aryl methyl sites for hydroxylation is 1. The van der Waals surface area contributed by atoms with Crippen LogP contribution in [0.4, 0.5) is 0 Å². The molecule has 0 aliphatic carbocycles. The van der Waals surface area contributed by atoms with Gasteiger partial charge < -0.3 is 0 Å². The lowest BCUT2D eigenvalue weighted by Gasteiger charge is -2.19. The number of rotatable bonds is 5. The summed E-state index contributed by atoms with van der Waals surface area (Å²) in [6.07, 6.45) is 3.40. The van der Waals surface area contributed by atoms with Crippen LogP contribution < -0.4 is 0 Å². The standard InChI is InChI=1S/C14H21Cl/c1-4-11-7-9-13(10-8-11)14(15)12(5-2)6-3/h7-10,12,14H,4-6H2,1-3H3. The average Bonchev–Trinajstić information content (AvgIpc) is 2.30. The Hall–Kier alpha value is -0.490. The van der Waals surface area contributed by atoms with Gasteiger partial charge in [0.1, 0.15) is 0 Å². The highest BCUT2D eigenvalue weighted by atomic mass is 35.5. The summed E-state index contributed by atoms with van der Waals surface area (Å²) in [4.78, 5) is 0. The second-order valence-corrected chi connectivity index (χ2v) is 4.54. The fourth-order valence-electron chi connectivity index (χ4n) is 1.91. The normalized spacial score (nSPS) is 13.1. The Kier molecular flexibility index (Phi) is 5.17. The number of halogens is 1. The molecule has 0 aliphatic heterocycles. The smallest absolute Gasteiger partial charge is 0.0613 e. The van der Waals surface area contributed by atoms with Gasteiger partial charge in [0, 0.05) is 0 Å². The molecule has 0 N–H and O–H groups in total. The summed E-state index contributed by atoms with van der Waals surface area (Å²) in [6, 6.07) is 8.73. The molecule has 0 heterocycles. The monoisotopic (exact) mass is 224 g/mol. The maximum atomic E-state index is 6.47. The van der Waals surface area contributed by atoms with E-state index in [2.05, 4.69) is 45.0 Å². The minimum absolute atomic E-state index is 0.172. The molecule has 0 aromatic heterocycles. The summed E-state index contributed by atoms with van der Waals surface area (Å²) < 4.78 is 0. The Labute approximate surface area is 98.7 Å². The molecule has 0 nitrogen and oxygen atoms in total. The zero-order chi connectivity index (χ0) is 11.3. The van der Waals surface area contributed by atoms with E-state index < -0.39 is 0 Å². The molecule has 1 aromatic rings. The van der Waals surface area contributed by atoms with E-state index in [9.17, 15) is 0 Å². The van der Waals surface area contributed by atoms with Crippen molar-refractivity contribution in [1.29, 1.82) is 0 Å². The highest BCUT2D eigenvalue weighted by Gasteiger charge is 2.17. The van der Waals surface area contributed by atoms with E-state index in [1.54, 1.807) is 0 Å². The summed E-state index contributed by atoms with van der Waals surface area (Å²) in [7, 11) is 0. The van der Waals surface area contributed by atoms with E-state index in [-0.39, 0.29) is 5.38 Å². The first kappa shape index (κ1) is 12.6. The minimum Gasteiger partial charge on any atom is -0.118 e. The highest BCUT2D eigenvalue weighted by Crippen LogP contribution is 2.33. The summed E-state index contributed by atoms with van der Waals surface area (Å²) in [5.74, 6) is 0.596. The molecule has 1 rings (SSSR count). The molecule has 0 bridgehead atoms. The Morgan fingerprint density at radius 1 is 1.00 bits per heavy atom. The molecule has 0 amide bonds. The van der Waals surface area contributed by atoms with E-state index in [1.807, 2.05) is 0 Å². The first-order valence-corrected chi connectivity index (χ1v) is 6.39. The molecule has 84 valence electrons. The van der Waals surface area contributed by atoms with Crippen molar-refractivity contribution in [1.82, 2.24) is 0 Å². The SMILES string of the molecule is CCc1ccc(C(Cl)C(CC)CC)cc1. The van der Waals surface area contributed by atoms with Crippen molar-refractivity contribution in [3.05, 3.63) is 35.4 Å². The predicted octanol–water partition coefficient (Wildman–Crippen LogP) is 4.97. The first-order valence-electron chi connectivity index (χ1n) is 5.95. The fourth-order valence-corrected chi connectivity index (χ4v) is 2.41. The number of alkyl halides is 1. The van der Waals surface area contributed by atoms with Crippen LogP contribution in [-0.2, 0) is 6.42 Å². The summed E-state index contributed by atoms with van der Waals surface area (Å²) >= 11 is 6.47. The van der Waals surface area contributed by atoms with Crippen LogP contribution >= 0.6 is 11.6 Å². The van der Waals surface area contributed by atoms with Gasteiger partial charge in [0.05, 0.1) is 5.38 Å². The van der Waals surface area contributed by atoms with Gasteiger partial charge in [-0.1, -0.05) is 57.9 Å². The average molecular weight is 225 g/mol. The van der Waals surface area contributed by atoms with Crippen LogP contribution in [0.15, 0.2) is 24.3 Å². The molecule has 1 unspecified atom stereocenters. The van der Waals surface area contributed by atoms with Crippen molar-refractivity contribution >= 4 is 11.6 Å². The van der Waals surface area contributed by atoms with Crippen molar-refractivity contribution in [2.24, 2.45) is 5.92 Å². The van der Waals surface area contributed by atoms with E-state index in [0.29, 0.717) is 5.92 Å². The van der Waals surface area contributed by atoms with Gasteiger partial charge in [-0.25, -0.2) is 0 Å². The lowest BCUT2D eigenvalue weighted by atomic mass is 9.93. The van der Waals surface area contributed by atoms with Gasteiger partial charge in [0.2, 0.25) is 0 Å². The Bertz CT molecular complexity index is 272. The summed E-state index contributed by atoms with van der Waals surface area (Å²) in [5, 5.41) is 0.172. The molecular formula is C14H21Cl. The Morgan fingerprint density at radius 2 is 1.53 bits per heavy atom. The predicted molar refractivity (Wildman–Crippen MR) is 68.5 cm³/mol. The Morgan fingerprint density at radius 3 is 1.93 bits per heavy atom. The van der Waals surface area contributed by atoms with Crippen molar-refractivity contribution in [3.63, 3.8) is 0 Å². The van der Waals surface area contributed by atoms with Crippen molar-refractivity contribution in [3.8, 4) is 0 Å². The maximum absolute atomic E-state index is 6.47. The topological polar surface area (TPSA) is 0 Å². The van der Waals surface area contributed by atoms with Crippen LogP contribution in [0.25, 0.3) is 0 Å². The highest BCUT2D eigenvalue weighted by molar-refractivity contribution is 6.21. The minimum atomic E-state index is 0.172. The van der Waals surface area contributed by atoms with Gasteiger partial charge in [-0.3, -0.25) is 0 Å². The molecule has 0 saturated heterocycles.